The molecule has 74 valence electrons. The van der Waals surface area contributed by atoms with Gasteiger partial charge in [-0.25, -0.2) is 0 Å². The van der Waals surface area contributed by atoms with Crippen LogP contribution in [0.3, 0.4) is 0 Å². The van der Waals surface area contributed by atoms with E-state index < -0.39 is 0 Å². The maximum atomic E-state index is 5.44. The van der Waals surface area contributed by atoms with Crippen LogP contribution in [0.2, 0.25) is 0 Å². The molecule has 0 saturated heterocycles. The molecule has 0 saturated carbocycles. The first kappa shape index (κ1) is 10.3. The van der Waals surface area contributed by atoms with Crippen molar-refractivity contribution in [1.29, 1.82) is 0 Å². The maximum absolute atomic E-state index is 5.44. The lowest BCUT2D eigenvalue weighted by Crippen LogP contribution is -2.04. The number of aromatic nitrogens is 2. The number of hydrogen-bond donors (Lipinski definition) is 1. The molecule has 1 rings (SSSR count). The van der Waals surface area contributed by atoms with Gasteiger partial charge in [0.2, 0.25) is 0 Å². The second-order valence-electron chi connectivity index (χ2n) is 3.86. The first-order chi connectivity index (χ1) is 6.22. The van der Waals surface area contributed by atoms with Gasteiger partial charge in [-0.3, -0.25) is 4.68 Å². The SMILES string of the molecule is CC(C)Cn1cc(CCCN)cn1. The summed E-state index contributed by atoms with van der Waals surface area (Å²) in [5.74, 6) is 0.655. The minimum Gasteiger partial charge on any atom is -0.330 e. The van der Waals surface area contributed by atoms with Crippen LogP contribution in [0, 0.1) is 5.92 Å². The van der Waals surface area contributed by atoms with Gasteiger partial charge in [0, 0.05) is 12.7 Å². The molecule has 3 nitrogen and oxygen atoms in total. The molecule has 0 aliphatic carbocycles. The summed E-state index contributed by atoms with van der Waals surface area (Å²) in [6.45, 7) is 6.15. The van der Waals surface area contributed by atoms with Crippen molar-refractivity contribution in [3.63, 3.8) is 0 Å². The summed E-state index contributed by atoms with van der Waals surface area (Å²) in [5, 5.41) is 4.29. The van der Waals surface area contributed by atoms with E-state index in [0.29, 0.717) is 5.92 Å². The minimum atomic E-state index is 0.655. The molecular weight excluding hydrogens is 162 g/mol. The van der Waals surface area contributed by atoms with E-state index >= 15 is 0 Å². The number of nitrogens with two attached hydrogens (primary N) is 1. The second kappa shape index (κ2) is 5.02. The van der Waals surface area contributed by atoms with E-state index in [-0.39, 0.29) is 0 Å². The number of hydrogen-bond acceptors (Lipinski definition) is 2. The van der Waals surface area contributed by atoms with Crippen LogP contribution in [0.25, 0.3) is 0 Å². The molecule has 0 spiro atoms. The van der Waals surface area contributed by atoms with Crippen molar-refractivity contribution in [2.24, 2.45) is 11.7 Å². The largest absolute Gasteiger partial charge is 0.330 e. The Kier molecular flexibility index (Phi) is 3.96. The zero-order valence-corrected chi connectivity index (χ0v) is 8.53. The third-order valence-corrected chi connectivity index (χ3v) is 1.91. The van der Waals surface area contributed by atoms with E-state index in [1.165, 1.54) is 5.56 Å². The fraction of sp³-hybridized carbons (Fsp3) is 0.700. The van der Waals surface area contributed by atoms with Gasteiger partial charge in [0.25, 0.3) is 0 Å². The van der Waals surface area contributed by atoms with E-state index in [1.807, 2.05) is 10.9 Å². The molecule has 0 radical (unpaired) electrons. The van der Waals surface area contributed by atoms with Gasteiger partial charge in [-0.1, -0.05) is 13.8 Å². The van der Waals surface area contributed by atoms with Crippen LogP contribution in [0.4, 0.5) is 0 Å². The van der Waals surface area contributed by atoms with E-state index in [2.05, 4.69) is 25.1 Å². The third-order valence-electron chi connectivity index (χ3n) is 1.91. The molecule has 0 aliphatic rings. The summed E-state index contributed by atoms with van der Waals surface area (Å²) in [7, 11) is 0. The van der Waals surface area contributed by atoms with Crippen molar-refractivity contribution in [3.05, 3.63) is 18.0 Å². The average molecular weight is 181 g/mol. The van der Waals surface area contributed by atoms with Gasteiger partial charge in [0.1, 0.15) is 0 Å². The summed E-state index contributed by atoms with van der Waals surface area (Å²) in [5.41, 5.74) is 6.73. The number of nitrogens with zero attached hydrogens (tertiary/aromatic N) is 2. The molecule has 0 atom stereocenters. The van der Waals surface area contributed by atoms with Crippen molar-refractivity contribution in [1.82, 2.24) is 9.78 Å². The van der Waals surface area contributed by atoms with Gasteiger partial charge < -0.3 is 5.73 Å². The van der Waals surface area contributed by atoms with Crippen LogP contribution in [-0.4, -0.2) is 16.3 Å². The zero-order valence-electron chi connectivity index (χ0n) is 8.53. The lowest BCUT2D eigenvalue weighted by molar-refractivity contribution is 0.483. The van der Waals surface area contributed by atoms with Crippen molar-refractivity contribution in [3.8, 4) is 0 Å². The van der Waals surface area contributed by atoms with Crippen LogP contribution < -0.4 is 5.73 Å². The van der Waals surface area contributed by atoms with Gasteiger partial charge >= 0.3 is 0 Å². The van der Waals surface area contributed by atoms with Gasteiger partial charge in [0.15, 0.2) is 0 Å². The molecule has 1 aromatic heterocycles. The highest BCUT2D eigenvalue weighted by Crippen LogP contribution is 2.03. The molecule has 0 aliphatic heterocycles. The van der Waals surface area contributed by atoms with Crippen molar-refractivity contribution in [2.45, 2.75) is 33.2 Å². The molecule has 0 aromatic carbocycles. The molecular formula is C10H19N3. The van der Waals surface area contributed by atoms with Crippen molar-refractivity contribution >= 4 is 0 Å². The first-order valence-corrected chi connectivity index (χ1v) is 4.93. The van der Waals surface area contributed by atoms with E-state index in [4.69, 9.17) is 5.73 Å². The number of aryl methyl sites for hydroxylation is 1. The summed E-state index contributed by atoms with van der Waals surface area (Å²) < 4.78 is 2.01. The van der Waals surface area contributed by atoms with Crippen LogP contribution in [-0.2, 0) is 13.0 Å². The monoisotopic (exact) mass is 181 g/mol. The predicted molar refractivity (Wildman–Crippen MR) is 54.4 cm³/mol. The molecule has 0 unspecified atom stereocenters. The van der Waals surface area contributed by atoms with Crippen molar-refractivity contribution in [2.75, 3.05) is 6.54 Å². The smallest absolute Gasteiger partial charge is 0.0521 e. The van der Waals surface area contributed by atoms with Crippen LogP contribution in [0.15, 0.2) is 12.4 Å². The Balaban J connectivity index is 2.44. The van der Waals surface area contributed by atoms with Gasteiger partial charge in [-0.05, 0) is 30.9 Å². The van der Waals surface area contributed by atoms with Gasteiger partial charge in [-0.15, -0.1) is 0 Å². The summed E-state index contributed by atoms with van der Waals surface area (Å²) in [6, 6.07) is 0. The Morgan fingerprint density at radius 1 is 1.54 bits per heavy atom. The highest BCUT2D eigenvalue weighted by atomic mass is 15.3. The molecule has 1 aromatic rings. The fourth-order valence-corrected chi connectivity index (χ4v) is 1.32. The molecule has 13 heavy (non-hydrogen) atoms. The first-order valence-electron chi connectivity index (χ1n) is 4.93. The van der Waals surface area contributed by atoms with Crippen molar-refractivity contribution < 1.29 is 0 Å². The Bertz CT molecular complexity index is 240. The Morgan fingerprint density at radius 3 is 2.92 bits per heavy atom. The van der Waals surface area contributed by atoms with E-state index in [1.54, 1.807) is 0 Å². The predicted octanol–water partition coefficient (Wildman–Crippen LogP) is 1.43. The normalized spacial score (nSPS) is 11.1. The molecule has 3 heteroatoms. The summed E-state index contributed by atoms with van der Waals surface area (Å²) >= 11 is 0. The standard InChI is InChI=1S/C10H19N3/c1-9(2)7-13-8-10(6-12-13)4-3-5-11/h6,8-9H,3-5,7,11H2,1-2H3. The summed E-state index contributed by atoms with van der Waals surface area (Å²) in [6.07, 6.45) is 6.16. The lowest BCUT2D eigenvalue weighted by atomic mass is 10.2. The molecule has 1 heterocycles. The topological polar surface area (TPSA) is 43.8 Å². The second-order valence-corrected chi connectivity index (χ2v) is 3.86. The molecule has 0 bridgehead atoms. The Morgan fingerprint density at radius 2 is 2.31 bits per heavy atom. The minimum absolute atomic E-state index is 0.655. The quantitative estimate of drug-likeness (QED) is 0.746. The Hall–Kier alpha value is -0.830. The van der Waals surface area contributed by atoms with E-state index in [0.717, 1.165) is 25.9 Å². The van der Waals surface area contributed by atoms with Crippen LogP contribution in [0.1, 0.15) is 25.8 Å². The number of rotatable bonds is 5. The van der Waals surface area contributed by atoms with Gasteiger partial charge in [0.05, 0.1) is 6.20 Å². The molecule has 0 amide bonds. The highest BCUT2D eigenvalue weighted by Gasteiger charge is 1.99. The molecule has 0 fully saturated rings. The fourth-order valence-electron chi connectivity index (χ4n) is 1.32. The zero-order chi connectivity index (χ0) is 9.68. The average Bonchev–Trinajstić information content (AvgIpc) is 2.48. The lowest BCUT2D eigenvalue weighted by Gasteiger charge is -2.03. The maximum Gasteiger partial charge on any atom is 0.0521 e. The van der Waals surface area contributed by atoms with E-state index in [9.17, 15) is 0 Å². The Labute approximate surface area is 79.9 Å². The highest BCUT2D eigenvalue weighted by molar-refractivity contribution is 5.03. The van der Waals surface area contributed by atoms with Crippen LogP contribution in [0.5, 0.6) is 0 Å². The van der Waals surface area contributed by atoms with Crippen LogP contribution >= 0.6 is 0 Å². The summed E-state index contributed by atoms with van der Waals surface area (Å²) in [4.78, 5) is 0. The third kappa shape index (κ3) is 3.59. The van der Waals surface area contributed by atoms with Gasteiger partial charge in [-0.2, -0.15) is 5.10 Å². The molecule has 2 N–H and O–H groups in total.